The molecule has 2 aromatic heterocycles. The lowest BCUT2D eigenvalue weighted by Gasteiger charge is -2.20. The van der Waals surface area contributed by atoms with Crippen molar-refractivity contribution in [1.29, 1.82) is 0 Å². The third-order valence-corrected chi connectivity index (χ3v) is 5.96. The highest BCUT2D eigenvalue weighted by Crippen LogP contribution is 2.41. The van der Waals surface area contributed by atoms with Crippen molar-refractivity contribution < 1.29 is 9.53 Å². The summed E-state index contributed by atoms with van der Waals surface area (Å²) in [6.07, 6.45) is 5.05. The van der Waals surface area contributed by atoms with Gasteiger partial charge in [-0.2, -0.15) is 5.10 Å². The van der Waals surface area contributed by atoms with Gasteiger partial charge >= 0.3 is 0 Å². The van der Waals surface area contributed by atoms with Gasteiger partial charge in [-0.1, -0.05) is 29.8 Å². The van der Waals surface area contributed by atoms with Gasteiger partial charge in [0.25, 0.3) is 0 Å². The first-order valence-corrected chi connectivity index (χ1v) is 10.7. The Labute approximate surface area is 191 Å². The maximum atomic E-state index is 13.5. The minimum atomic E-state index is -0.311. The van der Waals surface area contributed by atoms with Crippen LogP contribution in [-0.4, -0.2) is 34.2 Å². The fourth-order valence-electron chi connectivity index (χ4n) is 4.09. The maximum Gasteiger partial charge on any atom is 0.175 e. The van der Waals surface area contributed by atoms with Crippen LogP contribution in [0.1, 0.15) is 27.4 Å². The average molecular weight is 445 g/mol. The SMILES string of the molecule is COc1ccc2c(c1)C(C(=O)c1cnn(-c3ccccn3)c1)CN2Cc1ccc(Cl)cc1. The normalized spacial score (nSPS) is 14.9. The first-order chi connectivity index (χ1) is 15.6. The molecule has 0 bridgehead atoms. The van der Waals surface area contributed by atoms with E-state index >= 15 is 0 Å². The highest BCUT2D eigenvalue weighted by Gasteiger charge is 2.35. The molecule has 0 spiro atoms. The van der Waals surface area contributed by atoms with Gasteiger partial charge in [0, 0.05) is 36.2 Å². The predicted octanol–water partition coefficient (Wildman–Crippen LogP) is 4.92. The van der Waals surface area contributed by atoms with Crippen molar-refractivity contribution in [2.24, 2.45) is 0 Å². The van der Waals surface area contributed by atoms with E-state index in [0.717, 1.165) is 22.6 Å². The number of carbonyl (C=O) groups excluding carboxylic acids is 1. The predicted molar refractivity (Wildman–Crippen MR) is 124 cm³/mol. The summed E-state index contributed by atoms with van der Waals surface area (Å²) in [5.74, 6) is 1.12. The Hall–Kier alpha value is -3.64. The Morgan fingerprint density at radius 2 is 2.00 bits per heavy atom. The summed E-state index contributed by atoms with van der Waals surface area (Å²) >= 11 is 6.04. The van der Waals surface area contributed by atoms with Crippen LogP contribution in [0.15, 0.2) is 79.3 Å². The summed E-state index contributed by atoms with van der Waals surface area (Å²) in [7, 11) is 1.63. The van der Waals surface area contributed by atoms with Crippen LogP contribution in [-0.2, 0) is 6.54 Å². The molecule has 1 aliphatic rings. The molecule has 0 fully saturated rings. The first kappa shape index (κ1) is 20.3. The quantitative estimate of drug-likeness (QED) is 0.395. The van der Waals surface area contributed by atoms with E-state index in [4.69, 9.17) is 16.3 Å². The third-order valence-electron chi connectivity index (χ3n) is 5.71. The van der Waals surface area contributed by atoms with E-state index in [1.165, 1.54) is 0 Å². The third kappa shape index (κ3) is 3.85. The van der Waals surface area contributed by atoms with E-state index < -0.39 is 0 Å². The van der Waals surface area contributed by atoms with Crippen LogP contribution in [0.2, 0.25) is 5.02 Å². The monoisotopic (exact) mass is 444 g/mol. The molecule has 0 aliphatic carbocycles. The number of nitrogens with zero attached hydrogens (tertiary/aromatic N) is 4. The average Bonchev–Trinajstić information content (AvgIpc) is 3.46. The largest absolute Gasteiger partial charge is 0.497 e. The fraction of sp³-hybridized carbons (Fsp3) is 0.160. The maximum absolute atomic E-state index is 13.5. The number of hydrogen-bond acceptors (Lipinski definition) is 5. The zero-order chi connectivity index (χ0) is 22.1. The molecule has 3 heterocycles. The lowest BCUT2D eigenvalue weighted by atomic mass is 9.93. The van der Waals surface area contributed by atoms with Crippen molar-refractivity contribution in [2.45, 2.75) is 12.5 Å². The second-order valence-corrected chi connectivity index (χ2v) is 8.15. The van der Waals surface area contributed by atoms with Crippen molar-refractivity contribution >= 4 is 23.1 Å². The molecule has 0 saturated heterocycles. The Morgan fingerprint density at radius 3 is 2.75 bits per heavy atom. The number of pyridine rings is 1. The fourth-order valence-corrected chi connectivity index (χ4v) is 4.22. The Kier molecular flexibility index (Phi) is 5.37. The standard InChI is InChI=1S/C25H21ClN4O2/c1-32-20-9-10-23-21(12-20)22(16-29(23)14-17-5-7-19(26)8-6-17)25(31)18-13-28-30(15-18)24-4-2-3-11-27-24/h2-13,15,22H,14,16H2,1H3. The number of fused-ring (bicyclic) bond motifs is 1. The van der Waals surface area contributed by atoms with Gasteiger partial charge in [0.2, 0.25) is 0 Å². The molecule has 4 aromatic rings. The molecular formula is C25H21ClN4O2. The summed E-state index contributed by atoms with van der Waals surface area (Å²) in [4.78, 5) is 20.1. The molecule has 0 saturated carbocycles. The summed E-state index contributed by atoms with van der Waals surface area (Å²) in [5, 5.41) is 5.05. The van der Waals surface area contributed by atoms with E-state index in [9.17, 15) is 4.79 Å². The second kappa shape index (κ2) is 8.48. The van der Waals surface area contributed by atoms with Crippen LogP contribution in [0.25, 0.3) is 5.82 Å². The number of benzene rings is 2. The Bertz CT molecular complexity index is 1250. The summed E-state index contributed by atoms with van der Waals surface area (Å²) < 4.78 is 7.06. The zero-order valence-electron chi connectivity index (χ0n) is 17.5. The molecular weight excluding hydrogens is 424 g/mol. The second-order valence-electron chi connectivity index (χ2n) is 7.71. The van der Waals surface area contributed by atoms with Crippen LogP contribution < -0.4 is 9.64 Å². The molecule has 6 nitrogen and oxygen atoms in total. The Morgan fingerprint density at radius 1 is 1.16 bits per heavy atom. The van der Waals surface area contributed by atoms with Gasteiger partial charge < -0.3 is 9.64 Å². The van der Waals surface area contributed by atoms with Crippen LogP contribution >= 0.6 is 11.6 Å². The van der Waals surface area contributed by atoms with Crippen molar-refractivity contribution in [1.82, 2.24) is 14.8 Å². The lowest BCUT2D eigenvalue weighted by molar-refractivity contribution is 0.0964. The van der Waals surface area contributed by atoms with Crippen LogP contribution in [0.3, 0.4) is 0 Å². The van der Waals surface area contributed by atoms with Crippen LogP contribution in [0, 0.1) is 0 Å². The van der Waals surface area contributed by atoms with E-state index in [2.05, 4.69) is 15.0 Å². The zero-order valence-corrected chi connectivity index (χ0v) is 18.2. The van der Waals surface area contributed by atoms with Crippen molar-refractivity contribution in [3.05, 3.63) is 101 Å². The number of methoxy groups -OCH3 is 1. The van der Waals surface area contributed by atoms with Gasteiger partial charge in [-0.25, -0.2) is 9.67 Å². The molecule has 0 amide bonds. The number of carbonyl (C=O) groups is 1. The number of anilines is 1. The van der Waals surface area contributed by atoms with E-state index in [0.29, 0.717) is 29.5 Å². The van der Waals surface area contributed by atoms with Crippen molar-refractivity contribution in [3.8, 4) is 11.6 Å². The van der Waals surface area contributed by atoms with Crippen LogP contribution in [0.5, 0.6) is 5.75 Å². The van der Waals surface area contributed by atoms with Gasteiger partial charge in [-0.3, -0.25) is 4.79 Å². The first-order valence-electron chi connectivity index (χ1n) is 10.3. The van der Waals surface area contributed by atoms with Gasteiger partial charge in [0.1, 0.15) is 5.75 Å². The lowest BCUT2D eigenvalue weighted by Crippen LogP contribution is -2.24. The van der Waals surface area contributed by atoms with Crippen molar-refractivity contribution in [3.63, 3.8) is 0 Å². The summed E-state index contributed by atoms with van der Waals surface area (Å²) in [5.41, 5.74) is 3.69. The number of aromatic nitrogens is 3. The molecule has 1 unspecified atom stereocenters. The van der Waals surface area contributed by atoms with E-state index in [1.807, 2.05) is 60.7 Å². The van der Waals surface area contributed by atoms with Crippen LogP contribution in [0.4, 0.5) is 5.69 Å². The smallest absolute Gasteiger partial charge is 0.175 e. The number of hydrogen-bond donors (Lipinski definition) is 0. The highest BCUT2D eigenvalue weighted by atomic mass is 35.5. The van der Waals surface area contributed by atoms with Crippen molar-refractivity contribution in [2.75, 3.05) is 18.6 Å². The van der Waals surface area contributed by atoms with E-state index in [-0.39, 0.29) is 11.7 Å². The highest BCUT2D eigenvalue weighted by molar-refractivity contribution is 6.30. The van der Waals surface area contributed by atoms with Gasteiger partial charge in [-0.05, 0) is 53.6 Å². The number of halogens is 1. The number of Topliss-reactive ketones (excluding diaryl/α,β-unsaturated/α-hetero) is 1. The molecule has 0 N–H and O–H groups in total. The molecule has 1 aliphatic heterocycles. The molecule has 32 heavy (non-hydrogen) atoms. The minimum Gasteiger partial charge on any atom is -0.497 e. The van der Waals surface area contributed by atoms with E-state index in [1.54, 1.807) is 30.4 Å². The number of ketones is 1. The topological polar surface area (TPSA) is 60.2 Å². The van der Waals surface area contributed by atoms with Gasteiger partial charge in [0.15, 0.2) is 11.6 Å². The minimum absolute atomic E-state index is 0.0280. The number of ether oxygens (including phenoxy) is 1. The molecule has 0 radical (unpaired) electrons. The molecule has 160 valence electrons. The molecule has 1 atom stereocenters. The molecule has 2 aromatic carbocycles. The molecule has 7 heteroatoms. The van der Waals surface area contributed by atoms with Gasteiger partial charge in [0.05, 0.1) is 24.8 Å². The Balaban J connectivity index is 1.45. The number of rotatable bonds is 6. The van der Waals surface area contributed by atoms with Gasteiger partial charge in [-0.15, -0.1) is 0 Å². The molecule has 5 rings (SSSR count). The summed E-state index contributed by atoms with van der Waals surface area (Å²) in [6, 6.07) is 19.3. The summed E-state index contributed by atoms with van der Waals surface area (Å²) in [6.45, 7) is 1.27.